The lowest BCUT2D eigenvalue weighted by Crippen LogP contribution is -2.34. The molecule has 2 rings (SSSR count). The molecule has 0 heterocycles. The highest BCUT2D eigenvalue weighted by atomic mass is 35.5. The van der Waals surface area contributed by atoms with Crippen molar-refractivity contribution in [3.8, 4) is 0 Å². The summed E-state index contributed by atoms with van der Waals surface area (Å²) in [5, 5.41) is 12.8. The lowest BCUT2D eigenvalue weighted by molar-refractivity contribution is 0.0909. The van der Waals surface area contributed by atoms with E-state index in [9.17, 15) is 9.90 Å². The maximum absolute atomic E-state index is 12.4. The van der Waals surface area contributed by atoms with Crippen molar-refractivity contribution in [3.63, 3.8) is 0 Å². The highest BCUT2D eigenvalue weighted by molar-refractivity contribution is 6.33. The summed E-state index contributed by atoms with van der Waals surface area (Å²) in [4.78, 5) is 12.4. The van der Waals surface area contributed by atoms with E-state index in [0.29, 0.717) is 10.6 Å². The van der Waals surface area contributed by atoms with Gasteiger partial charge < -0.3 is 10.4 Å². The lowest BCUT2D eigenvalue weighted by Gasteiger charge is -2.24. The van der Waals surface area contributed by atoms with E-state index in [-0.39, 0.29) is 24.5 Å². The Morgan fingerprint density at radius 3 is 2.38 bits per heavy atom. The molecule has 0 aliphatic carbocycles. The number of carbonyl (C=O) groups excluding carboxylic acids is 1. The molecular formula is C17H18ClNO2. The number of amides is 1. The Hall–Kier alpha value is -1.84. The molecule has 0 saturated heterocycles. The molecule has 4 heteroatoms. The molecule has 0 aromatic heterocycles. The third-order valence-corrected chi connectivity index (χ3v) is 3.75. The van der Waals surface area contributed by atoms with Crippen LogP contribution in [0.15, 0.2) is 54.6 Å². The Kier molecular flexibility index (Phi) is 5.37. The quantitative estimate of drug-likeness (QED) is 0.889. The summed E-state index contributed by atoms with van der Waals surface area (Å²) in [7, 11) is 0. The van der Waals surface area contributed by atoms with E-state index in [0.717, 1.165) is 5.56 Å². The molecule has 1 amide bonds. The van der Waals surface area contributed by atoms with Gasteiger partial charge in [0.2, 0.25) is 0 Å². The van der Waals surface area contributed by atoms with Crippen LogP contribution in [0.25, 0.3) is 0 Å². The molecule has 2 unspecified atom stereocenters. The largest absolute Gasteiger partial charge is 0.396 e. The molecule has 2 aromatic rings. The monoisotopic (exact) mass is 303 g/mol. The summed E-state index contributed by atoms with van der Waals surface area (Å²) in [5.41, 5.74) is 1.39. The second kappa shape index (κ2) is 7.25. The number of carbonyl (C=O) groups is 1. The Balaban J connectivity index is 2.24. The summed E-state index contributed by atoms with van der Waals surface area (Å²) in [6.07, 6.45) is 0. The van der Waals surface area contributed by atoms with Crippen LogP contribution in [0.4, 0.5) is 0 Å². The van der Waals surface area contributed by atoms with Gasteiger partial charge in [-0.3, -0.25) is 4.79 Å². The van der Waals surface area contributed by atoms with Crippen LogP contribution in [-0.2, 0) is 0 Å². The number of rotatable bonds is 5. The first-order valence-electron chi connectivity index (χ1n) is 6.84. The molecule has 0 aliphatic rings. The van der Waals surface area contributed by atoms with Gasteiger partial charge in [0.05, 0.1) is 16.6 Å². The van der Waals surface area contributed by atoms with Crippen LogP contribution in [-0.4, -0.2) is 17.6 Å². The number of nitrogens with one attached hydrogen (secondary N) is 1. The minimum Gasteiger partial charge on any atom is -0.396 e. The molecule has 0 saturated carbocycles. The first-order valence-corrected chi connectivity index (χ1v) is 7.22. The first-order chi connectivity index (χ1) is 10.1. The van der Waals surface area contributed by atoms with Crippen molar-refractivity contribution in [2.75, 3.05) is 6.61 Å². The Morgan fingerprint density at radius 2 is 1.76 bits per heavy atom. The standard InChI is InChI=1S/C17H18ClNO2/c1-12(11-20)16(13-7-3-2-4-8-13)19-17(21)14-9-5-6-10-15(14)18/h2-10,12,16,20H,11H2,1H3,(H,19,21). The zero-order valence-electron chi connectivity index (χ0n) is 11.8. The van der Waals surface area contributed by atoms with Gasteiger partial charge in [0.15, 0.2) is 0 Å². The summed E-state index contributed by atoms with van der Waals surface area (Å²) < 4.78 is 0. The smallest absolute Gasteiger partial charge is 0.253 e. The van der Waals surface area contributed by atoms with Crippen LogP contribution in [0.5, 0.6) is 0 Å². The zero-order chi connectivity index (χ0) is 15.2. The number of hydrogen-bond donors (Lipinski definition) is 2. The van der Waals surface area contributed by atoms with Crippen molar-refractivity contribution in [1.82, 2.24) is 5.32 Å². The van der Waals surface area contributed by atoms with Gasteiger partial charge in [0, 0.05) is 12.5 Å². The maximum atomic E-state index is 12.4. The van der Waals surface area contributed by atoms with Gasteiger partial charge in [-0.15, -0.1) is 0 Å². The summed E-state index contributed by atoms with van der Waals surface area (Å²) in [6.45, 7) is 1.88. The van der Waals surface area contributed by atoms with E-state index in [2.05, 4.69) is 5.32 Å². The van der Waals surface area contributed by atoms with E-state index < -0.39 is 0 Å². The maximum Gasteiger partial charge on any atom is 0.253 e. The van der Waals surface area contributed by atoms with Crippen LogP contribution in [0, 0.1) is 5.92 Å². The number of halogens is 1. The average molecular weight is 304 g/mol. The van der Waals surface area contributed by atoms with E-state index >= 15 is 0 Å². The minimum atomic E-state index is -0.264. The van der Waals surface area contributed by atoms with Crippen LogP contribution < -0.4 is 5.32 Å². The molecule has 0 radical (unpaired) electrons. The molecule has 110 valence electrons. The molecule has 2 aromatic carbocycles. The van der Waals surface area contributed by atoms with Gasteiger partial charge in [0.1, 0.15) is 0 Å². The Bertz CT molecular complexity index is 601. The van der Waals surface area contributed by atoms with Crippen LogP contribution >= 0.6 is 11.6 Å². The Labute approximate surface area is 129 Å². The fourth-order valence-corrected chi connectivity index (χ4v) is 2.41. The van der Waals surface area contributed by atoms with Gasteiger partial charge in [-0.2, -0.15) is 0 Å². The third kappa shape index (κ3) is 3.84. The molecule has 2 N–H and O–H groups in total. The Morgan fingerprint density at radius 1 is 1.14 bits per heavy atom. The number of aliphatic hydroxyl groups excluding tert-OH is 1. The molecule has 0 fully saturated rings. The number of aliphatic hydroxyl groups is 1. The van der Waals surface area contributed by atoms with Crippen molar-refractivity contribution < 1.29 is 9.90 Å². The van der Waals surface area contributed by atoms with Crippen LogP contribution in [0.2, 0.25) is 5.02 Å². The molecule has 3 nitrogen and oxygen atoms in total. The molecule has 0 bridgehead atoms. The van der Waals surface area contributed by atoms with Crippen molar-refractivity contribution in [1.29, 1.82) is 0 Å². The van der Waals surface area contributed by atoms with Gasteiger partial charge in [-0.1, -0.05) is 61.0 Å². The highest BCUT2D eigenvalue weighted by Crippen LogP contribution is 2.23. The number of hydrogen-bond acceptors (Lipinski definition) is 2. The predicted molar refractivity (Wildman–Crippen MR) is 84.4 cm³/mol. The van der Waals surface area contributed by atoms with Gasteiger partial charge in [-0.25, -0.2) is 0 Å². The van der Waals surface area contributed by atoms with E-state index in [1.807, 2.05) is 37.3 Å². The number of benzene rings is 2. The lowest BCUT2D eigenvalue weighted by atomic mass is 9.94. The first kappa shape index (κ1) is 15.5. The minimum absolute atomic E-state index is 0.0115. The van der Waals surface area contributed by atoms with E-state index in [1.54, 1.807) is 24.3 Å². The van der Waals surface area contributed by atoms with Crippen molar-refractivity contribution >= 4 is 17.5 Å². The topological polar surface area (TPSA) is 49.3 Å². The summed E-state index contributed by atoms with van der Waals surface area (Å²) in [6, 6.07) is 16.3. The SMILES string of the molecule is CC(CO)C(NC(=O)c1ccccc1Cl)c1ccccc1. The second-order valence-corrected chi connectivity index (χ2v) is 5.41. The van der Waals surface area contributed by atoms with Crippen molar-refractivity contribution in [2.45, 2.75) is 13.0 Å². The molecule has 2 atom stereocenters. The normalized spacial score (nSPS) is 13.5. The molecule has 0 spiro atoms. The summed E-state index contributed by atoms with van der Waals surface area (Å²) >= 11 is 6.05. The van der Waals surface area contributed by atoms with Crippen LogP contribution in [0.3, 0.4) is 0 Å². The predicted octanol–water partition coefficient (Wildman–Crippen LogP) is 3.44. The van der Waals surface area contributed by atoms with Gasteiger partial charge >= 0.3 is 0 Å². The van der Waals surface area contributed by atoms with E-state index in [4.69, 9.17) is 11.6 Å². The van der Waals surface area contributed by atoms with E-state index in [1.165, 1.54) is 0 Å². The molecular weight excluding hydrogens is 286 g/mol. The van der Waals surface area contributed by atoms with Gasteiger partial charge in [0.25, 0.3) is 5.91 Å². The zero-order valence-corrected chi connectivity index (χ0v) is 12.5. The van der Waals surface area contributed by atoms with Gasteiger partial charge in [-0.05, 0) is 17.7 Å². The van der Waals surface area contributed by atoms with Crippen LogP contribution in [0.1, 0.15) is 28.9 Å². The van der Waals surface area contributed by atoms with Crippen molar-refractivity contribution in [3.05, 3.63) is 70.7 Å². The second-order valence-electron chi connectivity index (χ2n) is 5.00. The fraction of sp³-hybridized carbons (Fsp3) is 0.235. The average Bonchev–Trinajstić information content (AvgIpc) is 2.53. The molecule has 0 aliphatic heterocycles. The molecule has 21 heavy (non-hydrogen) atoms. The third-order valence-electron chi connectivity index (χ3n) is 3.42. The fourth-order valence-electron chi connectivity index (χ4n) is 2.18. The summed E-state index contributed by atoms with van der Waals surface area (Å²) in [5.74, 6) is -0.339. The van der Waals surface area contributed by atoms with Crippen molar-refractivity contribution in [2.24, 2.45) is 5.92 Å². The highest BCUT2D eigenvalue weighted by Gasteiger charge is 2.22.